The van der Waals surface area contributed by atoms with Gasteiger partial charge in [-0.05, 0) is 36.8 Å². The minimum Gasteiger partial charge on any atom is -0.479 e. The zero-order valence-corrected chi connectivity index (χ0v) is 21.6. The van der Waals surface area contributed by atoms with Crippen LogP contribution in [0.15, 0.2) is 48.5 Å². The predicted molar refractivity (Wildman–Crippen MR) is 124 cm³/mol. The third-order valence-electron chi connectivity index (χ3n) is 3.16. The normalized spacial score (nSPS) is 11.1. The Balaban J connectivity index is 0.000000556. The minimum absolute atomic E-state index is 0.00500. The van der Waals surface area contributed by atoms with Crippen LogP contribution in [0.4, 0.5) is 17.6 Å². The van der Waals surface area contributed by atoms with Crippen molar-refractivity contribution in [1.29, 1.82) is 0 Å². The number of aliphatic carboxylic acids is 1. The molecule has 0 heterocycles. The number of ether oxygens (including phenoxy) is 3. The second-order valence-electron chi connectivity index (χ2n) is 5.44. The van der Waals surface area contributed by atoms with Crippen LogP contribution in [0.3, 0.4) is 0 Å². The fourth-order valence-corrected chi connectivity index (χ4v) is 2.09. The summed E-state index contributed by atoms with van der Waals surface area (Å²) < 4.78 is 60.8. The van der Waals surface area contributed by atoms with Crippen molar-refractivity contribution in [2.45, 2.75) is 28.9 Å². The molecule has 0 bridgehead atoms. The zero-order chi connectivity index (χ0) is 25.4. The van der Waals surface area contributed by atoms with E-state index in [1.54, 1.807) is 6.92 Å². The van der Waals surface area contributed by atoms with Crippen LogP contribution in [0.5, 0.6) is 11.5 Å². The average Bonchev–Trinajstić information content (AvgIpc) is 2.71. The third kappa shape index (κ3) is 15.7. The van der Waals surface area contributed by atoms with E-state index in [9.17, 15) is 27.2 Å². The molecule has 0 spiro atoms. The standard InChI is InChI=1S/C11H12F2O4.C8H6F2O2.CHBr3/c1-2-16-9(10(14)15)7-4-3-5-8(6-7)17-11(12)13;9-8(10)12-7-3-1-2-6(4-7)5-11;2-1(3)4/h3-6,9,11H,2H2,1H3,(H,14,15);1-5,8H;1H. The van der Waals surface area contributed by atoms with Gasteiger partial charge in [-0.15, -0.1) is 0 Å². The molecule has 1 atom stereocenters. The van der Waals surface area contributed by atoms with Gasteiger partial charge in [0, 0.05) is 12.2 Å². The number of halogens is 7. The maximum Gasteiger partial charge on any atom is 0.387 e. The highest BCUT2D eigenvalue weighted by atomic mass is 80.0. The second kappa shape index (κ2) is 17.7. The van der Waals surface area contributed by atoms with Crippen molar-refractivity contribution in [2.24, 2.45) is 0 Å². The van der Waals surface area contributed by atoms with Gasteiger partial charge in [0.15, 0.2) is 6.10 Å². The van der Waals surface area contributed by atoms with Crippen LogP contribution < -0.4 is 9.47 Å². The van der Waals surface area contributed by atoms with E-state index < -0.39 is 25.3 Å². The van der Waals surface area contributed by atoms with Gasteiger partial charge in [0.05, 0.1) is 0 Å². The molecule has 13 heteroatoms. The molecule has 1 unspecified atom stereocenters. The summed E-state index contributed by atoms with van der Waals surface area (Å²) >= 11 is 9.31. The van der Waals surface area contributed by atoms with Crippen molar-refractivity contribution in [3.05, 3.63) is 59.7 Å². The van der Waals surface area contributed by atoms with Gasteiger partial charge in [-0.1, -0.05) is 72.1 Å². The SMILES string of the molecule is BrC(Br)Br.CCOC(C(=O)O)c1cccc(OC(F)F)c1.O=Cc1cccc(OC(F)F)c1. The number of benzene rings is 2. The molecular formula is C20H19Br3F4O6. The van der Waals surface area contributed by atoms with E-state index in [1.807, 2.05) is 0 Å². The van der Waals surface area contributed by atoms with Gasteiger partial charge in [0.2, 0.25) is 0 Å². The predicted octanol–water partition coefficient (Wildman–Crippen LogP) is 7.01. The van der Waals surface area contributed by atoms with Crippen LogP contribution in [-0.2, 0) is 9.53 Å². The van der Waals surface area contributed by atoms with E-state index in [0.29, 0.717) is 11.8 Å². The fraction of sp³-hybridized carbons (Fsp3) is 0.300. The highest BCUT2D eigenvalue weighted by Gasteiger charge is 2.20. The summed E-state index contributed by atoms with van der Waals surface area (Å²) in [6.07, 6.45) is -0.612. The topological polar surface area (TPSA) is 82.1 Å². The molecule has 0 amide bonds. The first-order chi connectivity index (χ1) is 15.5. The Labute approximate surface area is 212 Å². The lowest BCUT2D eigenvalue weighted by Crippen LogP contribution is -2.15. The summed E-state index contributed by atoms with van der Waals surface area (Å²) in [6, 6.07) is 11.0. The Kier molecular flexibility index (Phi) is 16.8. The molecule has 0 radical (unpaired) electrons. The molecular weight excluding hydrogens is 652 g/mol. The van der Waals surface area contributed by atoms with Crippen LogP contribution in [0, 0.1) is 0 Å². The van der Waals surface area contributed by atoms with Crippen molar-refractivity contribution >= 4 is 60.0 Å². The van der Waals surface area contributed by atoms with E-state index in [0.717, 1.165) is 0 Å². The summed E-state index contributed by atoms with van der Waals surface area (Å²) in [4.78, 5) is 21.1. The van der Waals surface area contributed by atoms with E-state index in [-0.39, 0.29) is 26.3 Å². The van der Waals surface area contributed by atoms with Gasteiger partial charge in [0.25, 0.3) is 0 Å². The number of hydrogen-bond acceptors (Lipinski definition) is 5. The Hall–Kier alpha value is -1.70. The van der Waals surface area contributed by atoms with Crippen LogP contribution in [0.25, 0.3) is 0 Å². The molecule has 1 N–H and O–H groups in total. The first-order valence-corrected chi connectivity index (χ1v) is 11.6. The molecule has 6 nitrogen and oxygen atoms in total. The Morgan fingerprint density at radius 3 is 1.88 bits per heavy atom. The first kappa shape index (κ1) is 31.3. The highest BCUT2D eigenvalue weighted by molar-refractivity contribution is 9.38. The van der Waals surface area contributed by atoms with Gasteiger partial charge < -0.3 is 19.3 Å². The van der Waals surface area contributed by atoms with E-state index in [4.69, 9.17) is 9.84 Å². The quantitative estimate of drug-likeness (QED) is 0.176. The lowest BCUT2D eigenvalue weighted by Gasteiger charge is -2.13. The third-order valence-corrected chi connectivity index (χ3v) is 3.16. The number of rotatable bonds is 9. The van der Waals surface area contributed by atoms with E-state index in [2.05, 4.69) is 57.3 Å². The summed E-state index contributed by atoms with van der Waals surface area (Å²) in [5.41, 5.74) is 0.575. The van der Waals surface area contributed by atoms with Crippen molar-refractivity contribution in [3.63, 3.8) is 0 Å². The van der Waals surface area contributed by atoms with Crippen molar-refractivity contribution < 1.29 is 46.5 Å². The summed E-state index contributed by atoms with van der Waals surface area (Å²) in [5, 5.41) is 8.92. The van der Waals surface area contributed by atoms with E-state index >= 15 is 0 Å². The summed E-state index contributed by atoms with van der Waals surface area (Å²) in [6.45, 7) is -3.95. The molecule has 0 saturated carbocycles. The number of carbonyl (C=O) groups is 2. The van der Waals surface area contributed by atoms with E-state index in [1.165, 1.54) is 48.5 Å². The molecule has 2 aromatic carbocycles. The molecule has 0 aliphatic heterocycles. The monoisotopic (exact) mass is 668 g/mol. The Morgan fingerprint density at radius 1 is 0.970 bits per heavy atom. The van der Waals surface area contributed by atoms with Gasteiger partial charge in [-0.3, -0.25) is 4.79 Å². The molecule has 0 aromatic heterocycles. The van der Waals surface area contributed by atoms with Crippen LogP contribution >= 0.6 is 47.8 Å². The zero-order valence-electron chi connectivity index (χ0n) is 16.8. The lowest BCUT2D eigenvalue weighted by molar-refractivity contribution is -0.150. The Bertz CT molecular complexity index is 840. The highest BCUT2D eigenvalue weighted by Crippen LogP contribution is 2.23. The van der Waals surface area contributed by atoms with Crippen LogP contribution in [0.2, 0.25) is 0 Å². The smallest absolute Gasteiger partial charge is 0.387 e. The maximum atomic E-state index is 12.0. The molecule has 2 aromatic rings. The summed E-state index contributed by atoms with van der Waals surface area (Å²) in [5.74, 6) is -1.28. The fourth-order valence-electron chi connectivity index (χ4n) is 2.09. The largest absolute Gasteiger partial charge is 0.479 e. The molecule has 0 fully saturated rings. The van der Waals surface area contributed by atoms with Crippen LogP contribution in [-0.4, -0.2) is 39.8 Å². The lowest BCUT2D eigenvalue weighted by atomic mass is 10.1. The Morgan fingerprint density at radius 2 is 1.45 bits per heavy atom. The number of carbonyl (C=O) groups excluding carboxylic acids is 1. The molecule has 2 rings (SSSR count). The van der Waals surface area contributed by atoms with Crippen molar-refractivity contribution in [3.8, 4) is 11.5 Å². The van der Waals surface area contributed by atoms with Gasteiger partial charge in [-0.2, -0.15) is 17.6 Å². The summed E-state index contributed by atoms with van der Waals surface area (Å²) in [7, 11) is 0. The average molecular weight is 671 g/mol. The molecule has 184 valence electrons. The number of hydrogen-bond donors (Lipinski definition) is 1. The number of aldehydes is 1. The number of carboxylic acids is 1. The van der Waals surface area contributed by atoms with Crippen LogP contribution in [0.1, 0.15) is 28.9 Å². The van der Waals surface area contributed by atoms with Gasteiger partial charge >= 0.3 is 19.2 Å². The maximum absolute atomic E-state index is 12.0. The first-order valence-electron chi connectivity index (χ1n) is 8.81. The second-order valence-corrected chi connectivity index (χ2v) is 11.9. The molecule has 33 heavy (non-hydrogen) atoms. The number of alkyl halides is 7. The minimum atomic E-state index is -2.94. The molecule has 0 saturated heterocycles. The molecule has 0 aliphatic carbocycles. The van der Waals surface area contributed by atoms with Crippen molar-refractivity contribution in [2.75, 3.05) is 6.61 Å². The number of carboxylic acid groups (broad SMARTS) is 1. The molecule has 0 aliphatic rings. The van der Waals surface area contributed by atoms with Gasteiger partial charge in [0.1, 0.15) is 20.4 Å². The van der Waals surface area contributed by atoms with Crippen molar-refractivity contribution in [1.82, 2.24) is 0 Å². The van der Waals surface area contributed by atoms with Gasteiger partial charge in [-0.25, -0.2) is 4.79 Å².